The maximum absolute atomic E-state index is 11.1. The molecule has 1 heterocycles. The summed E-state index contributed by atoms with van der Waals surface area (Å²) in [7, 11) is -2.88. The van der Waals surface area contributed by atoms with Crippen molar-refractivity contribution in [2.75, 3.05) is 12.3 Å². The summed E-state index contributed by atoms with van der Waals surface area (Å²) in [5, 5.41) is 0. The molecule has 1 aliphatic rings. The summed E-state index contributed by atoms with van der Waals surface area (Å²) in [6, 6.07) is 0.241. The van der Waals surface area contributed by atoms with Crippen LogP contribution in [0.2, 0.25) is 0 Å². The molecule has 1 fully saturated rings. The highest BCUT2D eigenvalue weighted by molar-refractivity contribution is 7.89. The lowest BCUT2D eigenvalue weighted by Crippen LogP contribution is -2.49. The van der Waals surface area contributed by atoms with E-state index in [9.17, 15) is 8.42 Å². The maximum atomic E-state index is 11.1. The first-order valence-corrected chi connectivity index (χ1v) is 5.18. The number of rotatable bonds is 2. The van der Waals surface area contributed by atoms with Crippen LogP contribution in [-0.2, 0) is 10.0 Å². The molecule has 1 saturated heterocycles. The highest BCUT2D eigenvalue weighted by atomic mass is 32.2. The van der Waals surface area contributed by atoms with E-state index in [1.807, 2.05) is 6.92 Å². The van der Waals surface area contributed by atoms with E-state index in [1.54, 1.807) is 11.2 Å². The van der Waals surface area contributed by atoms with Gasteiger partial charge in [-0.05, 0) is 20.3 Å². The van der Waals surface area contributed by atoms with Crippen molar-refractivity contribution >= 4 is 10.0 Å². The third-order valence-corrected chi connectivity index (χ3v) is 3.97. The van der Waals surface area contributed by atoms with Crippen molar-refractivity contribution in [3.8, 4) is 0 Å². The first-order valence-electron chi connectivity index (χ1n) is 3.57. The molecular weight excluding hydrogens is 150 g/mol. The van der Waals surface area contributed by atoms with Gasteiger partial charge >= 0.3 is 0 Å². The molecule has 0 aromatic rings. The molecule has 0 radical (unpaired) electrons. The van der Waals surface area contributed by atoms with E-state index in [2.05, 4.69) is 0 Å². The molecule has 0 saturated carbocycles. The second-order valence-electron chi connectivity index (χ2n) is 2.65. The Morgan fingerprint density at radius 3 is 2.30 bits per heavy atom. The molecule has 0 aromatic carbocycles. The summed E-state index contributed by atoms with van der Waals surface area (Å²) in [4.78, 5) is 0. The summed E-state index contributed by atoms with van der Waals surface area (Å²) in [5.74, 6) is 0.233. The van der Waals surface area contributed by atoms with E-state index in [4.69, 9.17) is 0 Å². The molecule has 1 atom stereocenters. The lowest BCUT2D eigenvalue weighted by molar-refractivity contribution is 0.217. The number of sulfonamides is 1. The van der Waals surface area contributed by atoms with E-state index >= 15 is 0 Å². The highest BCUT2D eigenvalue weighted by Gasteiger charge is 2.32. The minimum atomic E-state index is -2.88. The predicted molar refractivity (Wildman–Crippen MR) is 40.2 cm³/mol. The van der Waals surface area contributed by atoms with Crippen LogP contribution < -0.4 is 0 Å². The van der Waals surface area contributed by atoms with Crippen molar-refractivity contribution in [3.05, 3.63) is 0 Å². The van der Waals surface area contributed by atoms with Gasteiger partial charge in [-0.2, -0.15) is 4.31 Å². The standard InChI is InChI=1S/C6H13NO2S/c1-3-10(8,9)7-5-4-6(7)2/h6H,3-5H2,1-2H3/t6-/m0/s1. The van der Waals surface area contributed by atoms with E-state index in [1.165, 1.54) is 0 Å². The van der Waals surface area contributed by atoms with Crippen LogP contribution in [-0.4, -0.2) is 31.1 Å². The molecule has 0 bridgehead atoms. The third kappa shape index (κ3) is 1.18. The van der Waals surface area contributed by atoms with E-state index in [0.717, 1.165) is 13.0 Å². The Labute approximate surface area is 62.1 Å². The van der Waals surface area contributed by atoms with Gasteiger partial charge in [-0.25, -0.2) is 8.42 Å². The van der Waals surface area contributed by atoms with Gasteiger partial charge in [0, 0.05) is 12.6 Å². The summed E-state index contributed by atoms with van der Waals surface area (Å²) < 4.78 is 23.8. The summed E-state index contributed by atoms with van der Waals surface area (Å²) in [6.07, 6.45) is 1.01. The van der Waals surface area contributed by atoms with Gasteiger partial charge in [0.1, 0.15) is 0 Å². The Bertz CT molecular complexity index is 210. The second kappa shape index (κ2) is 2.51. The lowest BCUT2D eigenvalue weighted by atomic mass is 10.1. The molecule has 4 heteroatoms. The molecule has 1 aliphatic heterocycles. The van der Waals surface area contributed by atoms with Gasteiger partial charge in [-0.3, -0.25) is 0 Å². The van der Waals surface area contributed by atoms with E-state index < -0.39 is 10.0 Å². The topological polar surface area (TPSA) is 37.4 Å². The minimum absolute atomic E-state index is 0.233. The molecule has 1 rings (SSSR count). The summed E-state index contributed by atoms with van der Waals surface area (Å²) >= 11 is 0. The van der Waals surface area contributed by atoms with Crippen molar-refractivity contribution in [3.63, 3.8) is 0 Å². The Morgan fingerprint density at radius 1 is 1.60 bits per heavy atom. The van der Waals surface area contributed by atoms with Crippen molar-refractivity contribution in [1.82, 2.24) is 4.31 Å². The molecule has 0 amide bonds. The van der Waals surface area contributed by atoms with Gasteiger partial charge in [-0.15, -0.1) is 0 Å². The normalized spacial score (nSPS) is 28.0. The van der Waals surface area contributed by atoms with Crippen LogP contribution in [0.1, 0.15) is 20.3 Å². The molecule has 3 nitrogen and oxygen atoms in total. The van der Waals surface area contributed by atoms with Crippen LogP contribution in [0.5, 0.6) is 0 Å². The van der Waals surface area contributed by atoms with Crippen molar-refractivity contribution in [2.24, 2.45) is 0 Å². The molecule has 0 unspecified atom stereocenters. The van der Waals surface area contributed by atoms with Gasteiger partial charge in [-0.1, -0.05) is 0 Å². The first kappa shape index (κ1) is 8.01. The Hall–Kier alpha value is -0.0900. The Kier molecular flexibility index (Phi) is 2.01. The maximum Gasteiger partial charge on any atom is 0.214 e. The van der Waals surface area contributed by atoms with Crippen molar-refractivity contribution in [2.45, 2.75) is 26.3 Å². The third-order valence-electron chi connectivity index (χ3n) is 1.98. The van der Waals surface area contributed by atoms with E-state index in [0.29, 0.717) is 0 Å². The molecule has 0 aliphatic carbocycles. The van der Waals surface area contributed by atoms with Gasteiger partial charge in [0.15, 0.2) is 0 Å². The van der Waals surface area contributed by atoms with Gasteiger partial charge in [0.05, 0.1) is 5.75 Å². The monoisotopic (exact) mass is 163 g/mol. The average Bonchev–Trinajstić information content (AvgIpc) is 1.84. The molecule has 0 N–H and O–H groups in total. The summed E-state index contributed by atoms with van der Waals surface area (Å²) in [5.41, 5.74) is 0. The highest BCUT2D eigenvalue weighted by Crippen LogP contribution is 2.20. The average molecular weight is 163 g/mol. The molecular formula is C6H13NO2S. The van der Waals surface area contributed by atoms with Crippen LogP contribution in [0.3, 0.4) is 0 Å². The van der Waals surface area contributed by atoms with Crippen LogP contribution >= 0.6 is 0 Å². The number of hydrogen-bond donors (Lipinski definition) is 0. The van der Waals surface area contributed by atoms with Gasteiger partial charge < -0.3 is 0 Å². The Balaban J connectivity index is 2.66. The number of nitrogens with zero attached hydrogens (tertiary/aromatic N) is 1. The zero-order valence-electron chi connectivity index (χ0n) is 6.37. The summed E-state index contributed by atoms with van der Waals surface area (Å²) in [6.45, 7) is 4.34. The fourth-order valence-corrected chi connectivity index (χ4v) is 2.44. The van der Waals surface area contributed by atoms with Crippen molar-refractivity contribution < 1.29 is 8.42 Å². The lowest BCUT2D eigenvalue weighted by Gasteiger charge is -2.36. The first-order chi connectivity index (χ1) is 4.58. The smallest absolute Gasteiger partial charge is 0.212 e. The Morgan fingerprint density at radius 2 is 2.20 bits per heavy atom. The molecule has 10 heavy (non-hydrogen) atoms. The van der Waals surface area contributed by atoms with Crippen LogP contribution in [0, 0.1) is 0 Å². The van der Waals surface area contributed by atoms with Crippen LogP contribution in [0.4, 0.5) is 0 Å². The van der Waals surface area contributed by atoms with Crippen LogP contribution in [0.15, 0.2) is 0 Å². The zero-order chi connectivity index (χ0) is 7.78. The fraction of sp³-hybridized carbons (Fsp3) is 1.00. The number of hydrogen-bond acceptors (Lipinski definition) is 2. The molecule has 60 valence electrons. The minimum Gasteiger partial charge on any atom is -0.212 e. The van der Waals surface area contributed by atoms with Gasteiger partial charge in [0.2, 0.25) is 10.0 Å². The predicted octanol–water partition coefficient (Wildman–Crippen LogP) is 0.430. The SMILES string of the molecule is CCS(=O)(=O)N1CC[C@@H]1C. The largest absolute Gasteiger partial charge is 0.214 e. The molecule has 0 spiro atoms. The molecule has 0 aromatic heterocycles. The van der Waals surface area contributed by atoms with Gasteiger partial charge in [0.25, 0.3) is 0 Å². The van der Waals surface area contributed by atoms with Crippen LogP contribution in [0.25, 0.3) is 0 Å². The quantitative estimate of drug-likeness (QED) is 0.592. The second-order valence-corrected chi connectivity index (χ2v) is 4.86. The zero-order valence-corrected chi connectivity index (χ0v) is 7.19. The fourth-order valence-electron chi connectivity index (χ4n) is 1.07. The van der Waals surface area contributed by atoms with Crippen molar-refractivity contribution in [1.29, 1.82) is 0 Å². The van der Waals surface area contributed by atoms with E-state index in [-0.39, 0.29) is 11.8 Å².